The summed E-state index contributed by atoms with van der Waals surface area (Å²) in [5.74, 6) is 0.617. The number of amides is 1. The molecule has 3 rings (SSSR count). The summed E-state index contributed by atoms with van der Waals surface area (Å²) in [5, 5.41) is 10.4. The average Bonchev–Trinajstić information content (AvgIpc) is 2.96. The minimum atomic E-state index is -3.38. The largest absolute Gasteiger partial charge is 0.308 e. The zero-order chi connectivity index (χ0) is 19.6. The minimum absolute atomic E-state index is 0.192. The van der Waals surface area contributed by atoms with Crippen LogP contribution in [0.25, 0.3) is 10.9 Å². The van der Waals surface area contributed by atoms with Gasteiger partial charge < -0.3 is 5.32 Å². The van der Waals surface area contributed by atoms with Gasteiger partial charge in [0, 0.05) is 11.1 Å². The lowest BCUT2D eigenvalue weighted by atomic mass is 10.0. The second kappa shape index (κ2) is 7.40. The van der Waals surface area contributed by atoms with Gasteiger partial charge in [-0.2, -0.15) is 5.10 Å². The summed E-state index contributed by atoms with van der Waals surface area (Å²) < 4.78 is 25.2. The van der Waals surface area contributed by atoms with E-state index in [9.17, 15) is 13.2 Å². The van der Waals surface area contributed by atoms with Gasteiger partial charge in [-0.25, -0.2) is 8.42 Å². The highest BCUT2D eigenvalue weighted by atomic mass is 32.2. The predicted molar refractivity (Wildman–Crippen MR) is 107 cm³/mol. The molecule has 0 fully saturated rings. The maximum atomic E-state index is 12.4. The van der Waals surface area contributed by atoms with E-state index in [1.807, 2.05) is 24.3 Å². The molecule has 7 nitrogen and oxygen atoms in total. The number of carbonyl (C=O) groups is 1. The molecule has 0 unspecified atom stereocenters. The van der Waals surface area contributed by atoms with Gasteiger partial charge in [0.2, 0.25) is 15.9 Å². The van der Waals surface area contributed by atoms with Gasteiger partial charge in [0.05, 0.1) is 18.2 Å². The first-order chi connectivity index (χ1) is 12.7. The fraction of sp³-hybridized carbons (Fsp3) is 0.263. The molecule has 0 aliphatic heterocycles. The van der Waals surface area contributed by atoms with Crippen molar-refractivity contribution >= 4 is 38.3 Å². The summed E-state index contributed by atoms with van der Waals surface area (Å²) in [6.07, 6.45) is 1.31. The van der Waals surface area contributed by atoms with E-state index in [1.54, 1.807) is 18.2 Å². The summed E-state index contributed by atoms with van der Waals surface area (Å²) in [6.45, 7) is 4.24. The second-order valence-corrected chi connectivity index (χ2v) is 8.58. The normalized spacial score (nSPS) is 11.7. The smallest absolute Gasteiger partial charge is 0.230 e. The molecule has 1 amide bonds. The van der Waals surface area contributed by atoms with Crippen molar-refractivity contribution in [3.8, 4) is 0 Å². The van der Waals surface area contributed by atoms with Crippen LogP contribution in [0.1, 0.15) is 30.9 Å². The van der Waals surface area contributed by atoms with Crippen LogP contribution in [0.2, 0.25) is 0 Å². The van der Waals surface area contributed by atoms with Gasteiger partial charge in [-0.05, 0) is 35.2 Å². The molecule has 0 bridgehead atoms. The molecule has 2 aromatic carbocycles. The molecule has 0 spiro atoms. The van der Waals surface area contributed by atoms with Gasteiger partial charge >= 0.3 is 0 Å². The van der Waals surface area contributed by atoms with Gasteiger partial charge in [-0.1, -0.05) is 38.1 Å². The van der Waals surface area contributed by atoms with E-state index >= 15 is 0 Å². The molecule has 0 radical (unpaired) electrons. The number of H-pyrrole nitrogens is 1. The third kappa shape index (κ3) is 4.85. The predicted octanol–water partition coefficient (Wildman–Crippen LogP) is 3.24. The van der Waals surface area contributed by atoms with E-state index in [1.165, 1.54) is 5.56 Å². The molecule has 3 N–H and O–H groups in total. The Hall–Kier alpha value is -2.87. The molecule has 0 aliphatic rings. The van der Waals surface area contributed by atoms with Crippen LogP contribution < -0.4 is 10.0 Å². The number of aromatic amines is 1. The van der Waals surface area contributed by atoms with Crippen LogP contribution >= 0.6 is 0 Å². The molecular formula is C19H22N4O3S. The van der Waals surface area contributed by atoms with E-state index < -0.39 is 10.0 Å². The van der Waals surface area contributed by atoms with Crippen LogP contribution in [0.4, 0.5) is 11.5 Å². The Morgan fingerprint density at radius 2 is 1.85 bits per heavy atom. The number of anilines is 2. The number of aromatic nitrogens is 2. The third-order valence-electron chi connectivity index (χ3n) is 4.13. The Labute approximate surface area is 158 Å². The first kappa shape index (κ1) is 18.9. The van der Waals surface area contributed by atoms with Crippen molar-refractivity contribution in [2.75, 3.05) is 16.3 Å². The van der Waals surface area contributed by atoms with Crippen LogP contribution in [0.15, 0.2) is 42.5 Å². The van der Waals surface area contributed by atoms with Crippen molar-refractivity contribution in [2.45, 2.75) is 26.2 Å². The molecule has 0 saturated heterocycles. The summed E-state index contributed by atoms with van der Waals surface area (Å²) in [4.78, 5) is 12.4. The topological polar surface area (TPSA) is 104 Å². The summed E-state index contributed by atoms with van der Waals surface area (Å²) in [5.41, 5.74) is 3.25. The van der Waals surface area contributed by atoms with Crippen molar-refractivity contribution in [3.63, 3.8) is 0 Å². The van der Waals surface area contributed by atoms with Gasteiger partial charge in [-0.3, -0.25) is 14.6 Å². The standard InChI is InChI=1S/C19H22N4O3S/c1-12(2)14-6-4-13(5-7-14)10-18(24)20-19-16-11-15(23-27(3,25)26)8-9-17(16)21-22-19/h4-9,11-12,23H,10H2,1-3H3,(H2,20,21,22,24). The van der Waals surface area contributed by atoms with Gasteiger partial charge in [0.25, 0.3) is 0 Å². The average molecular weight is 386 g/mol. The highest BCUT2D eigenvalue weighted by Crippen LogP contribution is 2.25. The number of nitrogens with zero attached hydrogens (tertiary/aromatic N) is 1. The zero-order valence-corrected chi connectivity index (χ0v) is 16.2. The number of sulfonamides is 1. The van der Waals surface area contributed by atoms with Crippen LogP contribution in [0, 0.1) is 0 Å². The zero-order valence-electron chi connectivity index (χ0n) is 15.4. The summed E-state index contributed by atoms with van der Waals surface area (Å²) in [7, 11) is -3.38. The van der Waals surface area contributed by atoms with E-state index in [-0.39, 0.29) is 12.3 Å². The summed E-state index contributed by atoms with van der Waals surface area (Å²) in [6, 6.07) is 12.9. The lowest BCUT2D eigenvalue weighted by Gasteiger charge is -2.07. The molecule has 0 aliphatic carbocycles. The number of benzene rings is 2. The molecule has 3 aromatic rings. The maximum absolute atomic E-state index is 12.4. The maximum Gasteiger partial charge on any atom is 0.230 e. The molecule has 142 valence electrons. The Balaban J connectivity index is 1.75. The van der Waals surface area contributed by atoms with Crippen molar-refractivity contribution < 1.29 is 13.2 Å². The number of hydrogen-bond acceptors (Lipinski definition) is 4. The Morgan fingerprint density at radius 1 is 1.15 bits per heavy atom. The summed E-state index contributed by atoms with van der Waals surface area (Å²) >= 11 is 0. The molecule has 0 atom stereocenters. The third-order valence-corrected chi connectivity index (χ3v) is 4.74. The Kier molecular flexibility index (Phi) is 5.18. The number of carbonyl (C=O) groups excluding carboxylic acids is 1. The van der Waals surface area contributed by atoms with Crippen molar-refractivity contribution in [3.05, 3.63) is 53.6 Å². The molecule has 1 aromatic heterocycles. The Morgan fingerprint density at radius 3 is 2.48 bits per heavy atom. The second-order valence-electron chi connectivity index (χ2n) is 6.83. The van der Waals surface area contributed by atoms with Crippen LogP contribution in [0.5, 0.6) is 0 Å². The number of hydrogen-bond donors (Lipinski definition) is 3. The molecule has 1 heterocycles. The Bertz CT molecular complexity index is 1070. The SMILES string of the molecule is CC(C)c1ccc(CC(=O)Nc2n[nH]c3ccc(NS(C)(=O)=O)cc23)cc1. The van der Waals surface area contributed by atoms with E-state index in [4.69, 9.17) is 0 Å². The number of rotatable bonds is 6. The van der Waals surface area contributed by atoms with Crippen molar-refractivity contribution in [2.24, 2.45) is 0 Å². The monoisotopic (exact) mass is 386 g/mol. The minimum Gasteiger partial charge on any atom is -0.308 e. The lowest BCUT2D eigenvalue weighted by Crippen LogP contribution is -2.15. The van der Waals surface area contributed by atoms with Gasteiger partial charge in [0.15, 0.2) is 5.82 Å². The fourth-order valence-corrected chi connectivity index (χ4v) is 3.32. The van der Waals surface area contributed by atoms with Gasteiger partial charge in [-0.15, -0.1) is 0 Å². The highest BCUT2D eigenvalue weighted by molar-refractivity contribution is 7.92. The lowest BCUT2D eigenvalue weighted by molar-refractivity contribution is -0.115. The van der Waals surface area contributed by atoms with E-state index in [0.29, 0.717) is 28.3 Å². The first-order valence-electron chi connectivity index (χ1n) is 8.56. The van der Waals surface area contributed by atoms with Crippen LogP contribution in [0.3, 0.4) is 0 Å². The van der Waals surface area contributed by atoms with Crippen LogP contribution in [-0.2, 0) is 21.2 Å². The van der Waals surface area contributed by atoms with Crippen molar-refractivity contribution in [1.82, 2.24) is 10.2 Å². The van der Waals surface area contributed by atoms with Gasteiger partial charge in [0.1, 0.15) is 0 Å². The quantitative estimate of drug-likeness (QED) is 0.605. The molecule has 0 saturated carbocycles. The number of fused-ring (bicyclic) bond motifs is 1. The molecular weight excluding hydrogens is 364 g/mol. The van der Waals surface area contributed by atoms with E-state index in [2.05, 4.69) is 34.1 Å². The van der Waals surface area contributed by atoms with Crippen LogP contribution in [-0.4, -0.2) is 30.8 Å². The van der Waals surface area contributed by atoms with E-state index in [0.717, 1.165) is 11.8 Å². The number of nitrogens with one attached hydrogen (secondary N) is 3. The molecule has 8 heteroatoms. The first-order valence-corrected chi connectivity index (χ1v) is 10.4. The highest BCUT2D eigenvalue weighted by Gasteiger charge is 2.12. The molecule has 27 heavy (non-hydrogen) atoms. The fourth-order valence-electron chi connectivity index (χ4n) is 2.77. The van der Waals surface area contributed by atoms with Crippen molar-refractivity contribution in [1.29, 1.82) is 0 Å².